The predicted octanol–water partition coefficient (Wildman–Crippen LogP) is 2.03. The summed E-state index contributed by atoms with van der Waals surface area (Å²) in [5, 5.41) is 3.99. The molecule has 0 spiro atoms. The van der Waals surface area contributed by atoms with E-state index in [1.807, 2.05) is 0 Å². The zero-order valence-electron chi connectivity index (χ0n) is 12.4. The average molecular weight is 365 g/mol. The maximum atomic E-state index is 12.6. The number of nitrogens with zero attached hydrogens (tertiary/aromatic N) is 2. The standard InChI is InChI=1S/C14H18Cl2N2O3S/c1-17(2)18(11-5-6-22(20,21)9-11)14(19)8-10-3-4-12(15)13(16)7-10/h3-4,7,11H,5-6,8-9H2,1-2H3/t11-/m0/s1. The molecule has 0 N–H and O–H groups in total. The quantitative estimate of drug-likeness (QED) is 0.767. The molecule has 0 unspecified atom stereocenters. The Morgan fingerprint density at radius 2 is 1.95 bits per heavy atom. The van der Waals surface area contributed by atoms with Crippen molar-refractivity contribution >= 4 is 38.9 Å². The van der Waals surface area contributed by atoms with Crippen LogP contribution in [0.15, 0.2) is 18.2 Å². The van der Waals surface area contributed by atoms with Crippen molar-refractivity contribution in [2.24, 2.45) is 0 Å². The highest BCUT2D eigenvalue weighted by molar-refractivity contribution is 7.91. The van der Waals surface area contributed by atoms with Gasteiger partial charge >= 0.3 is 0 Å². The molecular weight excluding hydrogens is 347 g/mol. The van der Waals surface area contributed by atoms with E-state index in [4.69, 9.17) is 23.2 Å². The van der Waals surface area contributed by atoms with Crippen LogP contribution in [0, 0.1) is 0 Å². The molecule has 0 bridgehead atoms. The van der Waals surface area contributed by atoms with Crippen molar-refractivity contribution in [2.75, 3.05) is 25.6 Å². The average Bonchev–Trinajstić information content (AvgIpc) is 2.73. The Bertz CT molecular complexity index is 677. The van der Waals surface area contributed by atoms with Gasteiger partial charge in [-0.2, -0.15) is 0 Å². The Morgan fingerprint density at radius 1 is 1.27 bits per heavy atom. The maximum absolute atomic E-state index is 12.6. The molecule has 1 aromatic carbocycles. The van der Waals surface area contributed by atoms with Crippen molar-refractivity contribution in [3.05, 3.63) is 33.8 Å². The van der Waals surface area contributed by atoms with Gasteiger partial charge in [0.2, 0.25) is 5.91 Å². The van der Waals surface area contributed by atoms with Gasteiger partial charge in [0.15, 0.2) is 9.84 Å². The van der Waals surface area contributed by atoms with Gasteiger partial charge in [-0.3, -0.25) is 9.80 Å². The third kappa shape index (κ3) is 4.13. The van der Waals surface area contributed by atoms with E-state index >= 15 is 0 Å². The van der Waals surface area contributed by atoms with Crippen LogP contribution >= 0.6 is 23.2 Å². The van der Waals surface area contributed by atoms with E-state index in [0.717, 1.165) is 5.56 Å². The first-order valence-electron chi connectivity index (χ1n) is 6.83. The van der Waals surface area contributed by atoms with E-state index in [1.54, 1.807) is 37.3 Å². The third-order valence-electron chi connectivity index (χ3n) is 3.58. The van der Waals surface area contributed by atoms with Crippen LogP contribution in [0.1, 0.15) is 12.0 Å². The molecule has 1 aliphatic heterocycles. The molecule has 1 aromatic rings. The van der Waals surface area contributed by atoms with E-state index < -0.39 is 9.84 Å². The first-order valence-corrected chi connectivity index (χ1v) is 9.41. The Kier molecular flexibility index (Phi) is 5.37. The fraction of sp³-hybridized carbons (Fsp3) is 0.500. The van der Waals surface area contributed by atoms with E-state index in [1.165, 1.54) is 5.01 Å². The molecule has 1 saturated heterocycles. The van der Waals surface area contributed by atoms with Gasteiger partial charge in [0.1, 0.15) is 0 Å². The van der Waals surface area contributed by atoms with E-state index in [-0.39, 0.29) is 29.9 Å². The van der Waals surface area contributed by atoms with E-state index in [0.29, 0.717) is 16.5 Å². The lowest BCUT2D eigenvalue weighted by atomic mass is 10.1. The van der Waals surface area contributed by atoms with Crippen LogP contribution in [0.4, 0.5) is 0 Å². The molecule has 1 amide bonds. The predicted molar refractivity (Wildman–Crippen MR) is 87.8 cm³/mol. The molecule has 2 rings (SSSR count). The minimum atomic E-state index is -3.05. The van der Waals surface area contributed by atoms with Crippen LogP contribution < -0.4 is 0 Å². The van der Waals surface area contributed by atoms with Crippen molar-refractivity contribution in [1.29, 1.82) is 0 Å². The largest absolute Gasteiger partial charge is 0.273 e. The second-order valence-electron chi connectivity index (χ2n) is 5.57. The number of benzene rings is 1. The van der Waals surface area contributed by atoms with Gasteiger partial charge in [0, 0.05) is 14.1 Å². The van der Waals surface area contributed by atoms with Gasteiger partial charge in [0.25, 0.3) is 0 Å². The molecule has 1 atom stereocenters. The van der Waals surface area contributed by atoms with Gasteiger partial charge in [-0.25, -0.2) is 13.4 Å². The number of hydrogen-bond acceptors (Lipinski definition) is 4. The van der Waals surface area contributed by atoms with Gasteiger partial charge in [0.05, 0.1) is 34.0 Å². The van der Waals surface area contributed by atoms with Crippen molar-refractivity contribution in [3.63, 3.8) is 0 Å². The van der Waals surface area contributed by atoms with Crippen molar-refractivity contribution in [1.82, 2.24) is 10.0 Å². The van der Waals surface area contributed by atoms with E-state index in [9.17, 15) is 13.2 Å². The number of carbonyl (C=O) groups excluding carboxylic acids is 1. The molecule has 5 nitrogen and oxygen atoms in total. The van der Waals surface area contributed by atoms with Gasteiger partial charge in [-0.05, 0) is 24.1 Å². The number of amides is 1. The number of sulfone groups is 1. The molecule has 0 aromatic heterocycles. The first-order chi connectivity index (χ1) is 10.2. The molecular formula is C14H18Cl2N2O3S. The minimum absolute atomic E-state index is 0.0122. The van der Waals surface area contributed by atoms with Crippen LogP contribution in [-0.2, 0) is 21.1 Å². The molecule has 0 saturated carbocycles. The number of hydrogen-bond donors (Lipinski definition) is 0. The topological polar surface area (TPSA) is 57.7 Å². The summed E-state index contributed by atoms with van der Waals surface area (Å²) >= 11 is 11.8. The molecule has 1 heterocycles. The van der Waals surface area contributed by atoms with Crippen molar-refractivity contribution < 1.29 is 13.2 Å². The summed E-state index contributed by atoms with van der Waals surface area (Å²) < 4.78 is 23.3. The third-order valence-corrected chi connectivity index (χ3v) is 6.07. The lowest BCUT2D eigenvalue weighted by Gasteiger charge is -2.33. The number of hydrazine groups is 1. The second kappa shape index (κ2) is 6.74. The summed E-state index contributed by atoms with van der Waals surface area (Å²) in [6.07, 6.45) is 0.610. The van der Waals surface area contributed by atoms with Crippen LogP contribution in [0.2, 0.25) is 10.0 Å². The summed E-state index contributed by atoms with van der Waals surface area (Å²) in [6.45, 7) is 0. The van der Waals surface area contributed by atoms with Gasteiger partial charge < -0.3 is 0 Å². The van der Waals surface area contributed by atoms with Crippen LogP contribution in [0.3, 0.4) is 0 Å². The fourth-order valence-corrected chi connectivity index (χ4v) is 4.64. The molecule has 122 valence electrons. The smallest absolute Gasteiger partial charge is 0.241 e. The summed E-state index contributed by atoms with van der Waals surface area (Å²) in [6, 6.07) is 4.73. The highest BCUT2D eigenvalue weighted by atomic mass is 35.5. The Labute approximate surface area is 140 Å². The monoisotopic (exact) mass is 364 g/mol. The number of rotatable bonds is 4. The Morgan fingerprint density at radius 3 is 2.45 bits per heavy atom. The highest BCUT2D eigenvalue weighted by Gasteiger charge is 2.35. The van der Waals surface area contributed by atoms with Crippen LogP contribution in [0.25, 0.3) is 0 Å². The van der Waals surface area contributed by atoms with Crippen molar-refractivity contribution in [2.45, 2.75) is 18.9 Å². The Hall–Kier alpha value is -0.820. The highest BCUT2D eigenvalue weighted by Crippen LogP contribution is 2.24. The normalized spacial score (nSPS) is 20.3. The zero-order chi connectivity index (χ0) is 16.5. The molecule has 1 aliphatic rings. The molecule has 0 aliphatic carbocycles. The number of halogens is 2. The lowest BCUT2D eigenvalue weighted by Crippen LogP contribution is -2.49. The Balaban J connectivity index is 2.15. The molecule has 8 heteroatoms. The second-order valence-corrected chi connectivity index (χ2v) is 8.61. The summed E-state index contributed by atoms with van der Waals surface area (Å²) in [7, 11) is 0.416. The molecule has 1 fully saturated rings. The molecule has 0 radical (unpaired) electrons. The van der Waals surface area contributed by atoms with E-state index in [2.05, 4.69) is 0 Å². The fourth-order valence-electron chi connectivity index (χ4n) is 2.63. The van der Waals surface area contributed by atoms with Gasteiger partial charge in [-0.15, -0.1) is 0 Å². The van der Waals surface area contributed by atoms with Crippen LogP contribution in [-0.4, -0.2) is 56.0 Å². The summed E-state index contributed by atoms with van der Waals surface area (Å²) in [4.78, 5) is 12.6. The SMILES string of the molecule is CN(C)N(C(=O)Cc1ccc(Cl)c(Cl)c1)[C@H]1CCS(=O)(=O)C1. The van der Waals surface area contributed by atoms with Gasteiger partial charge in [-0.1, -0.05) is 29.3 Å². The minimum Gasteiger partial charge on any atom is -0.273 e. The first kappa shape index (κ1) is 17.5. The van der Waals surface area contributed by atoms with Crippen LogP contribution in [0.5, 0.6) is 0 Å². The summed E-state index contributed by atoms with van der Waals surface area (Å²) in [5.74, 6) is -0.0223. The van der Waals surface area contributed by atoms with Crippen molar-refractivity contribution in [3.8, 4) is 0 Å². The maximum Gasteiger partial charge on any atom is 0.241 e. The summed E-state index contributed by atoms with van der Waals surface area (Å²) in [5.41, 5.74) is 0.743. The molecule has 22 heavy (non-hydrogen) atoms. The lowest BCUT2D eigenvalue weighted by molar-refractivity contribution is -0.148. The zero-order valence-corrected chi connectivity index (χ0v) is 14.7. The number of carbonyl (C=O) groups is 1.